The molecule has 3 aromatic rings. The van der Waals surface area contributed by atoms with E-state index in [1.54, 1.807) is 31.2 Å². The van der Waals surface area contributed by atoms with Crippen LogP contribution in [0.1, 0.15) is 43.4 Å². The van der Waals surface area contributed by atoms with E-state index in [0.717, 1.165) is 12.8 Å². The zero-order chi connectivity index (χ0) is 30.8. The average Bonchev–Trinajstić information content (AvgIpc) is 3.39. The van der Waals surface area contributed by atoms with Gasteiger partial charge in [0.15, 0.2) is 0 Å². The van der Waals surface area contributed by atoms with E-state index in [2.05, 4.69) is 15.3 Å². The summed E-state index contributed by atoms with van der Waals surface area (Å²) >= 11 is 6.19. The molecule has 2 aliphatic heterocycles. The number of hydrogen-bond donors (Lipinski definition) is 3. The number of nitrogens with zero attached hydrogens (tertiary/aromatic N) is 3. The van der Waals surface area contributed by atoms with Gasteiger partial charge >= 0.3 is 12.1 Å². The maximum atomic E-state index is 14.6. The maximum Gasteiger partial charge on any atom is 0.429 e. The van der Waals surface area contributed by atoms with Crippen molar-refractivity contribution in [1.29, 1.82) is 0 Å². The Labute approximate surface area is 252 Å². The minimum absolute atomic E-state index is 0.0779. The third kappa shape index (κ3) is 6.97. The Hall–Kier alpha value is -3.61. The summed E-state index contributed by atoms with van der Waals surface area (Å²) in [7, 11) is 0. The Bertz CT molecular complexity index is 1470. The topological polar surface area (TPSA) is 123 Å². The van der Waals surface area contributed by atoms with Gasteiger partial charge in [-0.05, 0) is 66.5 Å². The monoisotopic (exact) mass is 619 g/mol. The van der Waals surface area contributed by atoms with Gasteiger partial charge in [-0.3, -0.25) is 4.79 Å². The number of aliphatic hydroxyl groups is 1. The van der Waals surface area contributed by atoms with Gasteiger partial charge in [-0.1, -0.05) is 35.9 Å². The fourth-order valence-corrected chi connectivity index (χ4v) is 6.01. The highest BCUT2D eigenvalue weighted by atomic mass is 35.5. The molecule has 2 fully saturated rings. The van der Waals surface area contributed by atoms with Crippen LogP contribution >= 0.6 is 11.6 Å². The van der Waals surface area contributed by atoms with Crippen LogP contribution in [0, 0.1) is 5.41 Å². The van der Waals surface area contributed by atoms with E-state index in [9.17, 15) is 23.1 Å². The van der Waals surface area contributed by atoms with Crippen molar-refractivity contribution in [3.63, 3.8) is 0 Å². The molecule has 2 saturated heterocycles. The van der Waals surface area contributed by atoms with Gasteiger partial charge in [0.1, 0.15) is 11.9 Å². The molecule has 1 aromatic heterocycles. The third-order valence-electron chi connectivity index (χ3n) is 8.04. The van der Waals surface area contributed by atoms with Gasteiger partial charge in [-0.2, -0.15) is 23.1 Å². The normalized spacial score (nSPS) is 18.9. The number of aromatic nitrogens is 2. The molecule has 1 unspecified atom stereocenters. The standard InChI is InChI=1S/C30H33ClF3N5O4/c1-2-42-27(41)23-15-29(17-36-23)8-10-39(11-9-29)24-14-25(38-28(35)37-24)43-26(30(32,33)34)21-7-6-20(31)13-22(21)19-5-3-4-18(12-19)16-40/h3-7,12-14,23,26,36,40H,2,8-11,15-17H2,1H3,(H2,35,37,38)/t23-,26?/m0/s1. The number of esters is 1. The molecule has 9 nitrogen and oxygen atoms in total. The predicted molar refractivity (Wildman–Crippen MR) is 156 cm³/mol. The molecule has 0 aliphatic carbocycles. The molecule has 0 amide bonds. The fourth-order valence-electron chi connectivity index (χ4n) is 5.84. The number of ether oxygens (including phenoxy) is 2. The molecule has 5 rings (SSSR count). The highest BCUT2D eigenvalue weighted by molar-refractivity contribution is 6.30. The maximum absolute atomic E-state index is 14.6. The van der Waals surface area contributed by atoms with Gasteiger partial charge in [-0.15, -0.1) is 0 Å². The van der Waals surface area contributed by atoms with E-state index in [1.807, 2.05) is 4.90 Å². The van der Waals surface area contributed by atoms with Crippen LogP contribution in [0.2, 0.25) is 5.02 Å². The van der Waals surface area contributed by atoms with Gasteiger partial charge in [0.2, 0.25) is 17.9 Å². The number of nitrogen functional groups attached to an aromatic ring is 1. The first-order valence-electron chi connectivity index (χ1n) is 14.0. The molecule has 0 bridgehead atoms. The lowest BCUT2D eigenvalue weighted by Crippen LogP contribution is -2.41. The zero-order valence-corrected chi connectivity index (χ0v) is 24.3. The first-order valence-corrected chi connectivity index (χ1v) is 14.4. The van der Waals surface area contributed by atoms with Crippen LogP contribution in [-0.2, 0) is 16.1 Å². The fraction of sp³-hybridized carbons (Fsp3) is 0.433. The third-order valence-corrected chi connectivity index (χ3v) is 8.28. The number of halogens is 4. The predicted octanol–water partition coefficient (Wildman–Crippen LogP) is 5.07. The molecular formula is C30H33ClF3N5O4. The van der Waals surface area contributed by atoms with E-state index < -0.39 is 12.3 Å². The number of piperidine rings is 1. The molecule has 230 valence electrons. The van der Waals surface area contributed by atoms with E-state index in [1.165, 1.54) is 24.3 Å². The molecule has 4 N–H and O–H groups in total. The number of alkyl halides is 3. The summed E-state index contributed by atoms with van der Waals surface area (Å²) in [6, 6.07) is 11.6. The minimum Gasteiger partial charge on any atom is -0.465 e. The quantitative estimate of drug-likeness (QED) is 0.297. The number of nitrogens with two attached hydrogens (primary N) is 1. The number of aliphatic hydroxyl groups excluding tert-OH is 1. The highest BCUT2D eigenvalue weighted by Crippen LogP contribution is 2.43. The number of carbonyl (C=O) groups is 1. The molecule has 43 heavy (non-hydrogen) atoms. The van der Waals surface area contributed by atoms with Crippen molar-refractivity contribution in [2.45, 2.75) is 51.1 Å². The van der Waals surface area contributed by atoms with Crippen molar-refractivity contribution in [3.8, 4) is 17.0 Å². The van der Waals surface area contributed by atoms with E-state index in [0.29, 0.717) is 49.6 Å². The first-order chi connectivity index (χ1) is 20.5. The SMILES string of the molecule is CCOC(=O)[C@@H]1CC2(CCN(c3cc(OC(c4ccc(Cl)cc4-c4cccc(CO)c4)C(F)(F)F)nc(N)n3)CC2)CN1. The lowest BCUT2D eigenvalue weighted by Gasteiger charge is -2.39. The van der Waals surface area contributed by atoms with Crippen LogP contribution < -0.4 is 20.7 Å². The molecule has 0 saturated carbocycles. The van der Waals surface area contributed by atoms with Gasteiger partial charge in [0.25, 0.3) is 0 Å². The Morgan fingerprint density at radius 3 is 2.67 bits per heavy atom. The Balaban J connectivity index is 1.38. The van der Waals surface area contributed by atoms with Crippen molar-refractivity contribution in [2.24, 2.45) is 5.41 Å². The first kappa shape index (κ1) is 30.8. The molecule has 2 atom stereocenters. The molecule has 0 radical (unpaired) electrons. The van der Waals surface area contributed by atoms with Crippen molar-refractivity contribution in [1.82, 2.24) is 15.3 Å². The van der Waals surface area contributed by atoms with Crippen LogP contribution in [-0.4, -0.2) is 59.5 Å². The van der Waals surface area contributed by atoms with Crippen molar-refractivity contribution in [2.75, 3.05) is 36.9 Å². The Morgan fingerprint density at radius 1 is 1.21 bits per heavy atom. The minimum atomic E-state index is -4.82. The molecule has 13 heteroatoms. The number of benzene rings is 2. The second-order valence-corrected chi connectivity index (χ2v) is 11.4. The summed E-state index contributed by atoms with van der Waals surface area (Å²) in [4.78, 5) is 22.4. The number of rotatable bonds is 8. The summed E-state index contributed by atoms with van der Waals surface area (Å²) in [5.74, 6) is -0.430. The second-order valence-electron chi connectivity index (χ2n) is 10.9. The van der Waals surface area contributed by atoms with Gasteiger partial charge in [-0.25, -0.2) is 0 Å². The number of anilines is 2. The van der Waals surface area contributed by atoms with Crippen molar-refractivity contribution in [3.05, 3.63) is 64.7 Å². The Kier molecular flexibility index (Phi) is 9.00. The number of carbonyl (C=O) groups excluding carboxylic acids is 1. The lowest BCUT2D eigenvalue weighted by atomic mass is 9.76. The summed E-state index contributed by atoms with van der Waals surface area (Å²) in [6.07, 6.45) is -5.05. The molecule has 2 aliphatic rings. The Morgan fingerprint density at radius 2 is 1.98 bits per heavy atom. The zero-order valence-electron chi connectivity index (χ0n) is 23.5. The molecule has 3 heterocycles. The summed E-state index contributed by atoms with van der Waals surface area (Å²) < 4.78 is 54.4. The van der Waals surface area contributed by atoms with E-state index in [4.69, 9.17) is 26.8 Å². The van der Waals surface area contributed by atoms with Crippen molar-refractivity contribution >= 4 is 29.3 Å². The van der Waals surface area contributed by atoms with Gasteiger partial charge in [0, 0.05) is 36.3 Å². The smallest absolute Gasteiger partial charge is 0.429 e. The molecule has 1 spiro atoms. The average molecular weight is 620 g/mol. The largest absolute Gasteiger partial charge is 0.465 e. The van der Waals surface area contributed by atoms with Crippen molar-refractivity contribution < 1.29 is 32.5 Å². The van der Waals surface area contributed by atoms with Crippen LogP contribution in [0.4, 0.5) is 24.9 Å². The summed E-state index contributed by atoms with van der Waals surface area (Å²) in [5, 5.41) is 13.1. The number of hydrogen-bond acceptors (Lipinski definition) is 9. The summed E-state index contributed by atoms with van der Waals surface area (Å²) in [6.45, 7) is 3.64. The van der Waals surface area contributed by atoms with Crippen LogP contribution in [0.15, 0.2) is 48.5 Å². The van der Waals surface area contributed by atoms with Gasteiger partial charge in [0.05, 0.1) is 13.2 Å². The van der Waals surface area contributed by atoms with Crippen LogP contribution in [0.3, 0.4) is 0 Å². The molecule has 2 aromatic carbocycles. The van der Waals surface area contributed by atoms with Gasteiger partial charge < -0.3 is 30.5 Å². The van der Waals surface area contributed by atoms with Crippen LogP contribution in [0.5, 0.6) is 5.88 Å². The van der Waals surface area contributed by atoms with E-state index in [-0.39, 0.29) is 52.0 Å². The van der Waals surface area contributed by atoms with Crippen LogP contribution in [0.25, 0.3) is 11.1 Å². The highest BCUT2D eigenvalue weighted by Gasteiger charge is 2.46. The molecular weight excluding hydrogens is 587 g/mol. The second kappa shape index (κ2) is 12.6. The number of nitrogens with one attached hydrogen (secondary N) is 1. The lowest BCUT2D eigenvalue weighted by molar-refractivity contribution is -0.198. The summed E-state index contributed by atoms with van der Waals surface area (Å²) in [5.41, 5.74) is 6.88. The van der Waals surface area contributed by atoms with E-state index >= 15 is 0 Å².